The van der Waals surface area contributed by atoms with Gasteiger partial charge in [0.05, 0.1) is 17.0 Å². The molecular weight excluding hydrogens is 337 g/mol. The Bertz CT molecular complexity index is 698. The Kier molecular flexibility index (Phi) is 5.65. The summed E-state index contributed by atoms with van der Waals surface area (Å²) in [5, 5.41) is 4.68. The summed E-state index contributed by atoms with van der Waals surface area (Å²) in [6.07, 6.45) is 0.817. The van der Waals surface area contributed by atoms with Gasteiger partial charge in [0.2, 0.25) is 0 Å². The van der Waals surface area contributed by atoms with Crippen LogP contribution in [-0.2, 0) is 0 Å². The zero-order valence-electron chi connectivity index (χ0n) is 13.3. The molecule has 23 heavy (non-hydrogen) atoms. The number of carbonyl (C=O) groups excluding carboxylic acids is 1. The molecule has 124 valence electrons. The van der Waals surface area contributed by atoms with Crippen LogP contribution in [0.3, 0.4) is 0 Å². The lowest BCUT2D eigenvalue weighted by atomic mass is 9.95. The third kappa shape index (κ3) is 3.85. The van der Waals surface area contributed by atoms with E-state index in [1.165, 1.54) is 4.68 Å². The van der Waals surface area contributed by atoms with Crippen LogP contribution in [0.5, 0.6) is 6.01 Å². The average Bonchev–Trinajstić information content (AvgIpc) is 2.96. The number of nitrogens with zero attached hydrogens (tertiary/aromatic N) is 3. The molecule has 0 amide bonds. The number of hydrogen-bond donors (Lipinski definition) is 0. The molecule has 0 fully saturated rings. The van der Waals surface area contributed by atoms with Gasteiger partial charge in [0.15, 0.2) is 5.82 Å². The van der Waals surface area contributed by atoms with Crippen LogP contribution in [0.2, 0.25) is 5.02 Å². The number of ether oxygens (including phenoxy) is 1. The smallest absolute Gasteiger partial charge is 0.336 e. The molecule has 5 nitrogen and oxygen atoms in total. The summed E-state index contributed by atoms with van der Waals surface area (Å²) in [5.74, 6) is 0.255. The Balaban J connectivity index is 2.53. The summed E-state index contributed by atoms with van der Waals surface area (Å²) < 4.78 is 6.69. The number of carbonyl (C=O) groups is 1. The molecule has 2 aromatic rings. The molecule has 0 saturated heterocycles. The second-order valence-electron chi connectivity index (χ2n) is 5.78. The molecular formula is C16H19Cl2N3O2. The van der Waals surface area contributed by atoms with E-state index < -0.39 is 5.41 Å². The van der Waals surface area contributed by atoms with E-state index in [4.69, 9.17) is 27.9 Å². The van der Waals surface area contributed by atoms with E-state index in [-0.39, 0.29) is 17.8 Å². The van der Waals surface area contributed by atoms with Gasteiger partial charge in [0, 0.05) is 11.4 Å². The summed E-state index contributed by atoms with van der Waals surface area (Å²) in [6.45, 7) is 5.97. The summed E-state index contributed by atoms with van der Waals surface area (Å²) in [7, 11) is 0. The molecule has 0 N–H and O–H groups in total. The number of benzene rings is 1. The largest absolute Gasteiger partial charge is 0.462 e. The molecule has 0 aliphatic heterocycles. The highest BCUT2D eigenvalue weighted by molar-refractivity contribution is 6.33. The normalized spacial score (nSPS) is 11.5. The Labute approximate surface area is 145 Å². The minimum absolute atomic E-state index is 0.153. The lowest BCUT2D eigenvalue weighted by Crippen LogP contribution is -2.32. The van der Waals surface area contributed by atoms with Crippen molar-refractivity contribution in [2.24, 2.45) is 5.41 Å². The molecule has 1 aromatic heterocycles. The van der Waals surface area contributed by atoms with Crippen molar-refractivity contribution in [1.29, 1.82) is 0 Å². The maximum Gasteiger partial charge on any atom is 0.336 e. The van der Waals surface area contributed by atoms with Gasteiger partial charge in [-0.05, 0) is 32.4 Å². The molecule has 7 heteroatoms. The van der Waals surface area contributed by atoms with Crippen molar-refractivity contribution in [3.63, 3.8) is 0 Å². The SMILES string of the molecule is CCCOc1nc(-c2ccccc2Cl)n(C(=O)C(C)(C)CCl)n1. The van der Waals surface area contributed by atoms with E-state index in [1.807, 2.05) is 19.1 Å². The Morgan fingerprint density at radius 3 is 2.65 bits per heavy atom. The first-order valence-electron chi connectivity index (χ1n) is 7.36. The van der Waals surface area contributed by atoms with Gasteiger partial charge >= 0.3 is 6.01 Å². The van der Waals surface area contributed by atoms with Crippen molar-refractivity contribution in [1.82, 2.24) is 14.8 Å². The first-order valence-corrected chi connectivity index (χ1v) is 8.27. The average molecular weight is 356 g/mol. The van der Waals surface area contributed by atoms with Crippen molar-refractivity contribution in [3.05, 3.63) is 29.3 Å². The standard InChI is InChI=1S/C16H19Cl2N3O2/c1-4-9-23-15-19-13(11-7-5-6-8-12(11)18)21(20-15)14(22)16(2,3)10-17/h5-8H,4,9-10H2,1-3H3. The molecule has 0 radical (unpaired) electrons. The fourth-order valence-electron chi connectivity index (χ4n) is 1.85. The Morgan fingerprint density at radius 2 is 2.04 bits per heavy atom. The predicted octanol–water partition coefficient (Wildman–Crippen LogP) is 4.29. The van der Waals surface area contributed by atoms with Crippen molar-refractivity contribution >= 4 is 29.1 Å². The highest BCUT2D eigenvalue weighted by Gasteiger charge is 2.32. The van der Waals surface area contributed by atoms with E-state index in [0.717, 1.165) is 6.42 Å². The summed E-state index contributed by atoms with van der Waals surface area (Å²) in [6, 6.07) is 7.31. The van der Waals surface area contributed by atoms with Gasteiger partial charge in [0.25, 0.3) is 5.91 Å². The van der Waals surface area contributed by atoms with Gasteiger partial charge < -0.3 is 4.74 Å². The van der Waals surface area contributed by atoms with Crippen LogP contribution in [0.4, 0.5) is 0 Å². The van der Waals surface area contributed by atoms with E-state index in [9.17, 15) is 4.79 Å². The van der Waals surface area contributed by atoms with E-state index >= 15 is 0 Å². The molecule has 1 aromatic carbocycles. The first kappa shape index (κ1) is 17.8. The first-order chi connectivity index (χ1) is 10.9. The molecule has 0 atom stereocenters. The minimum atomic E-state index is -0.784. The third-order valence-electron chi connectivity index (χ3n) is 3.24. The number of aromatic nitrogens is 3. The third-order valence-corrected chi connectivity index (χ3v) is 4.24. The van der Waals surface area contributed by atoms with E-state index in [1.54, 1.807) is 26.0 Å². The van der Waals surface area contributed by atoms with Crippen LogP contribution >= 0.6 is 23.2 Å². The summed E-state index contributed by atoms with van der Waals surface area (Å²) >= 11 is 12.2. The maximum absolute atomic E-state index is 12.8. The summed E-state index contributed by atoms with van der Waals surface area (Å²) in [5.41, 5.74) is -0.167. The van der Waals surface area contributed by atoms with Gasteiger partial charge in [0.1, 0.15) is 0 Å². The highest BCUT2D eigenvalue weighted by Crippen LogP contribution is 2.30. The zero-order valence-corrected chi connectivity index (χ0v) is 14.9. The Morgan fingerprint density at radius 1 is 1.35 bits per heavy atom. The quantitative estimate of drug-likeness (QED) is 0.725. The summed E-state index contributed by atoms with van der Waals surface area (Å²) in [4.78, 5) is 17.1. The second kappa shape index (κ2) is 7.32. The molecule has 0 bridgehead atoms. The molecule has 1 heterocycles. The van der Waals surface area contributed by atoms with Gasteiger partial charge in [-0.25, -0.2) is 0 Å². The van der Waals surface area contributed by atoms with E-state index in [2.05, 4.69) is 10.1 Å². The molecule has 0 unspecified atom stereocenters. The van der Waals surface area contributed by atoms with Crippen molar-refractivity contribution in [2.75, 3.05) is 12.5 Å². The highest BCUT2D eigenvalue weighted by atomic mass is 35.5. The second-order valence-corrected chi connectivity index (χ2v) is 6.46. The predicted molar refractivity (Wildman–Crippen MR) is 91.4 cm³/mol. The zero-order chi connectivity index (χ0) is 17.0. The van der Waals surface area contributed by atoms with Crippen LogP contribution in [0.15, 0.2) is 24.3 Å². The van der Waals surface area contributed by atoms with Crippen molar-refractivity contribution in [2.45, 2.75) is 27.2 Å². The van der Waals surface area contributed by atoms with Gasteiger partial charge in [-0.2, -0.15) is 9.67 Å². The molecule has 2 rings (SSSR count). The number of alkyl halides is 1. The molecule has 0 spiro atoms. The van der Waals surface area contributed by atoms with Gasteiger partial charge in [-0.15, -0.1) is 16.7 Å². The van der Waals surface area contributed by atoms with Gasteiger partial charge in [-0.1, -0.05) is 30.7 Å². The molecule has 0 aliphatic rings. The Hall–Kier alpha value is -1.59. The molecule has 0 aliphatic carbocycles. The number of rotatable bonds is 6. The van der Waals surface area contributed by atoms with Crippen LogP contribution in [0, 0.1) is 5.41 Å². The monoisotopic (exact) mass is 355 g/mol. The lowest BCUT2D eigenvalue weighted by molar-refractivity contribution is 0.0753. The topological polar surface area (TPSA) is 57.0 Å². The molecule has 0 saturated carbocycles. The van der Waals surface area contributed by atoms with Crippen molar-refractivity contribution in [3.8, 4) is 17.4 Å². The van der Waals surface area contributed by atoms with Crippen LogP contribution < -0.4 is 4.74 Å². The van der Waals surface area contributed by atoms with Gasteiger partial charge in [-0.3, -0.25) is 4.79 Å². The van der Waals surface area contributed by atoms with Crippen LogP contribution in [-0.4, -0.2) is 33.2 Å². The van der Waals surface area contributed by atoms with Crippen molar-refractivity contribution < 1.29 is 9.53 Å². The fourth-order valence-corrected chi connectivity index (χ4v) is 2.18. The van der Waals surface area contributed by atoms with Crippen LogP contribution in [0.1, 0.15) is 32.0 Å². The number of hydrogen-bond acceptors (Lipinski definition) is 4. The van der Waals surface area contributed by atoms with E-state index in [0.29, 0.717) is 23.0 Å². The lowest BCUT2D eigenvalue weighted by Gasteiger charge is -2.19. The fraction of sp³-hybridized carbons (Fsp3) is 0.438. The maximum atomic E-state index is 12.8. The minimum Gasteiger partial charge on any atom is -0.462 e. The van der Waals surface area contributed by atoms with Crippen LogP contribution in [0.25, 0.3) is 11.4 Å². The number of halogens is 2.